The average molecular weight is 305 g/mol. The van der Waals surface area contributed by atoms with Crippen LogP contribution in [0.3, 0.4) is 0 Å². The number of rotatable bonds is 4. The largest absolute Gasteiger partial charge is 0.497 e. The van der Waals surface area contributed by atoms with Crippen molar-refractivity contribution < 1.29 is 9.53 Å². The molecule has 3 rings (SSSR count). The number of methoxy groups -OCH3 is 1. The van der Waals surface area contributed by atoms with Crippen LogP contribution in [-0.4, -0.2) is 31.1 Å². The Balaban J connectivity index is 1.65. The van der Waals surface area contributed by atoms with E-state index < -0.39 is 0 Å². The van der Waals surface area contributed by atoms with Crippen molar-refractivity contribution in [3.8, 4) is 5.75 Å². The van der Waals surface area contributed by atoms with Gasteiger partial charge < -0.3 is 15.4 Å². The molecule has 0 radical (unpaired) electrons. The normalized spacial score (nSPS) is 16.0. The maximum atomic E-state index is 12.1. The van der Waals surface area contributed by atoms with Gasteiger partial charge >= 0.3 is 0 Å². The maximum absolute atomic E-state index is 12.1. The lowest BCUT2D eigenvalue weighted by Gasteiger charge is -2.21. The Hall–Kier alpha value is -1.66. The quantitative estimate of drug-likeness (QED) is 0.911. The Bertz CT molecular complexity index is 635. The number of aromatic nitrogens is 1. The third-order valence-corrected chi connectivity index (χ3v) is 4.71. The lowest BCUT2D eigenvalue weighted by atomic mass is 9.94. The standard InChI is InChI=1S/C15H19N3O2S/c1-20-11-2-3-12-13(9-11)21-15(17-12)18-14(19)8-10-4-6-16-7-5-10/h2-3,9-10,16H,4-8H2,1H3,(H,17,18,19). The molecule has 0 atom stereocenters. The minimum atomic E-state index is 0.0629. The first-order valence-electron chi connectivity index (χ1n) is 7.20. The molecule has 21 heavy (non-hydrogen) atoms. The van der Waals surface area contributed by atoms with Crippen LogP contribution >= 0.6 is 11.3 Å². The number of benzene rings is 1. The van der Waals surface area contributed by atoms with Crippen LogP contribution in [-0.2, 0) is 4.79 Å². The van der Waals surface area contributed by atoms with Crippen LogP contribution in [0.4, 0.5) is 5.13 Å². The summed E-state index contributed by atoms with van der Waals surface area (Å²) in [4.78, 5) is 16.5. The summed E-state index contributed by atoms with van der Waals surface area (Å²) in [7, 11) is 1.64. The highest BCUT2D eigenvalue weighted by molar-refractivity contribution is 7.22. The van der Waals surface area contributed by atoms with Gasteiger partial charge in [-0.25, -0.2) is 4.98 Å². The van der Waals surface area contributed by atoms with E-state index in [9.17, 15) is 4.79 Å². The molecule has 2 heterocycles. The summed E-state index contributed by atoms with van der Waals surface area (Å²) in [5.74, 6) is 1.35. The minimum absolute atomic E-state index is 0.0629. The number of nitrogens with zero attached hydrogens (tertiary/aromatic N) is 1. The number of hydrogen-bond donors (Lipinski definition) is 2. The molecule has 5 nitrogen and oxygen atoms in total. The topological polar surface area (TPSA) is 63.2 Å². The van der Waals surface area contributed by atoms with E-state index in [0.717, 1.165) is 41.9 Å². The summed E-state index contributed by atoms with van der Waals surface area (Å²) in [6.07, 6.45) is 2.73. The Labute approximate surface area is 127 Å². The smallest absolute Gasteiger partial charge is 0.226 e. The number of hydrogen-bond acceptors (Lipinski definition) is 5. The second-order valence-electron chi connectivity index (χ2n) is 5.30. The van der Waals surface area contributed by atoms with E-state index in [1.54, 1.807) is 7.11 Å². The fourth-order valence-electron chi connectivity index (χ4n) is 2.60. The number of amides is 1. The van der Waals surface area contributed by atoms with Gasteiger partial charge in [0.25, 0.3) is 0 Å². The SMILES string of the molecule is COc1ccc2nc(NC(=O)CC3CCNCC3)sc2c1. The lowest BCUT2D eigenvalue weighted by Crippen LogP contribution is -2.30. The number of ether oxygens (including phenoxy) is 1. The Morgan fingerprint density at radius 2 is 2.29 bits per heavy atom. The first kappa shape index (κ1) is 14.3. The van der Waals surface area contributed by atoms with E-state index in [2.05, 4.69) is 15.6 Å². The molecule has 1 aromatic heterocycles. The number of carbonyl (C=O) groups is 1. The summed E-state index contributed by atoms with van der Waals surface area (Å²) in [5.41, 5.74) is 0.887. The van der Waals surface area contributed by atoms with Crippen LogP contribution in [0.25, 0.3) is 10.2 Å². The van der Waals surface area contributed by atoms with Crippen molar-refractivity contribution in [2.75, 3.05) is 25.5 Å². The summed E-state index contributed by atoms with van der Waals surface area (Å²) in [5, 5.41) is 6.90. The van der Waals surface area contributed by atoms with Crippen molar-refractivity contribution in [1.29, 1.82) is 0 Å². The number of fused-ring (bicyclic) bond motifs is 1. The third-order valence-electron chi connectivity index (χ3n) is 3.77. The van der Waals surface area contributed by atoms with Gasteiger partial charge in [0.05, 0.1) is 17.3 Å². The van der Waals surface area contributed by atoms with Crippen LogP contribution in [0.2, 0.25) is 0 Å². The molecule has 0 saturated carbocycles. The summed E-state index contributed by atoms with van der Waals surface area (Å²) in [6, 6.07) is 5.73. The molecular weight excluding hydrogens is 286 g/mol. The first-order chi connectivity index (χ1) is 10.2. The predicted octanol–water partition coefficient (Wildman–Crippen LogP) is 2.63. The van der Waals surface area contributed by atoms with Crippen molar-refractivity contribution >= 4 is 32.6 Å². The molecule has 2 aromatic rings. The molecule has 1 aliphatic heterocycles. The lowest BCUT2D eigenvalue weighted by molar-refractivity contribution is -0.117. The molecule has 0 spiro atoms. The van der Waals surface area contributed by atoms with Gasteiger partial charge in [0.2, 0.25) is 5.91 Å². The second kappa shape index (κ2) is 6.41. The van der Waals surface area contributed by atoms with Gasteiger partial charge in [-0.05, 0) is 50.0 Å². The third kappa shape index (κ3) is 3.51. The zero-order valence-corrected chi connectivity index (χ0v) is 12.8. The van der Waals surface area contributed by atoms with Gasteiger partial charge in [-0.2, -0.15) is 0 Å². The molecule has 6 heteroatoms. The molecular formula is C15H19N3O2S. The highest BCUT2D eigenvalue weighted by atomic mass is 32.1. The van der Waals surface area contributed by atoms with Crippen molar-refractivity contribution in [3.63, 3.8) is 0 Å². The Kier molecular flexibility index (Phi) is 4.36. The monoisotopic (exact) mass is 305 g/mol. The van der Waals surface area contributed by atoms with Crippen LogP contribution in [0, 0.1) is 5.92 Å². The molecule has 1 amide bonds. The molecule has 1 aromatic carbocycles. The van der Waals surface area contributed by atoms with E-state index in [0.29, 0.717) is 17.5 Å². The summed E-state index contributed by atoms with van der Waals surface area (Å²) >= 11 is 1.48. The van der Waals surface area contributed by atoms with Crippen molar-refractivity contribution in [1.82, 2.24) is 10.3 Å². The summed E-state index contributed by atoms with van der Waals surface area (Å²) in [6.45, 7) is 2.03. The number of anilines is 1. The van der Waals surface area contributed by atoms with Crippen molar-refractivity contribution in [2.24, 2.45) is 5.92 Å². The predicted molar refractivity (Wildman–Crippen MR) is 85.0 cm³/mol. The number of nitrogens with one attached hydrogen (secondary N) is 2. The van der Waals surface area contributed by atoms with Crippen molar-refractivity contribution in [2.45, 2.75) is 19.3 Å². The molecule has 1 saturated heterocycles. The van der Waals surface area contributed by atoms with Gasteiger partial charge in [0, 0.05) is 6.42 Å². The fraction of sp³-hybridized carbons (Fsp3) is 0.467. The van der Waals surface area contributed by atoms with Crippen LogP contribution in [0.1, 0.15) is 19.3 Å². The average Bonchev–Trinajstić information content (AvgIpc) is 2.89. The van der Waals surface area contributed by atoms with Gasteiger partial charge in [-0.1, -0.05) is 11.3 Å². The van der Waals surface area contributed by atoms with Gasteiger partial charge in [0.1, 0.15) is 5.75 Å². The molecule has 0 unspecified atom stereocenters. The molecule has 0 aliphatic carbocycles. The van der Waals surface area contributed by atoms with Crippen LogP contribution < -0.4 is 15.4 Å². The molecule has 112 valence electrons. The highest BCUT2D eigenvalue weighted by Crippen LogP contribution is 2.29. The second-order valence-corrected chi connectivity index (χ2v) is 6.33. The fourth-order valence-corrected chi connectivity index (χ4v) is 3.51. The molecule has 2 N–H and O–H groups in total. The van der Waals surface area contributed by atoms with E-state index >= 15 is 0 Å². The van der Waals surface area contributed by atoms with E-state index in [1.807, 2.05) is 18.2 Å². The summed E-state index contributed by atoms with van der Waals surface area (Å²) < 4.78 is 6.22. The van der Waals surface area contributed by atoms with E-state index in [-0.39, 0.29) is 5.91 Å². The molecule has 1 fully saturated rings. The number of carbonyl (C=O) groups excluding carboxylic acids is 1. The van der Waals surface area contributed by atoms with Crippen LogP contribution in [0.5, 0.6) is 5.75 Å². The molecule has 0 bridgehead atoms. The Morgan fingerprint density at radius 3 is 3.05 bits per heavy atom. The zero-order valence-electron chi connectivity index (χ0n) is 12.0. The minimum Gasteiger partial charge on any atom is -0.497 e. The first-order valence-corrected chi connectivity index (χ1v) is 8.01. The van der Waals surface area contributed by atoms with E-state index in [4.69, 9.17) is 4.74 Å². The number of piperidine rings is 1. The maximum Gasteiger partial charge on any atom is 0.226 e. The van der Waals surface area contributed by atoms with Gasteiger partial charge in [0.15, 0.2) is 5.13 Å². The van der Waals surface area contributed by atoms with E-state index in [1.165, 1.54) is 11.3 Å². The van der Waals surface area contributed by atoms with Gasteiger partial charge in [-0.3, -0.25) is 4.79 Å². The highest BCUT2D eigenvalue weighted by Gasteiger charge is 2.17. The zero-order chi connectivity index (χ0) is 14.7. The molecule has 1 aliphatic rings. The van der Waals surface area contributed by atoms with Gasteiger partial charge in [-0.15, -0.1) is 0 Å². The van der Waals surface area contributed by atoms with Crippen LogP contribution in [0.15, 0.2) is 18.2 Å². The number of thiazole rings is 1. The van der Waals surface area contributed by atoms with Crippen molar-refractivity contribution in [3.05, 3.63) is 18.2 Å². The Morgan fingerprint density at radius 1 is 1.48 bits per heavy atom.